The number of nitrogens with zero attached hydrogens (tertiary/aromatic N) is 1. The molecule has 20 heavy (non-hydrogen) atoms. The maximum atomic E-state index is 11.9. The number of hydrogen-bond acceptors (Lipinski definition) is 4. The second-order valence-electron chi connectivity index (χ2n) is 5.36. The van der Waals surface area contributed by atoms with E-state index in [1.54, 1.807) is 19.0 Å². The fourth-order valence-electron chi connectivity index (χ4n) is 2.31. The number of nitrogens with one attached hydrogen (secondary N) is 2. The zero-order chi connectivity index (χ0) is 15.0. The van der Waals surface area contributed by atoms with Gasteiger partial charge in [-0.3, -0.25) is 9.59 Å². The first-order valence-electron chi connectivity index (χ1n) is 7.32. The Morgan fingerprint density at radius 3 is 2.65 bits per heavy atom. The second kappa shape index (κ2) is 8.92. The molecule has 0 aliphatic carbocycles. The summed E-state index contributed by atoms with van der Waals surface area (Å²) in [6.45, 7) is 4.69. The summed E-state index contributed by atoms with van der Waals surface area (Å²) in [5, 5.41) is 5.86. The van der Waals surface area contributed by atoms with Gasteiger partial charge >= 0.3 is 0 Å². The summed E-state index contributed by atoms with van der Waals surface area (Å²) in [6, 6.07) is 0. The molecule has 116 valence electrons. The first kappa shape index (κ1) is 16.9. The van der Waals surface area contributed by atoms with Crippen LogP contribution in [0.5, 0.6) is 0 Å². The average Bonchev–Trinajstić information content (AvgIpc) is 2.47. The van der Waals surface area contributed by atoms with E-state index in [4.69, 9.17) is 4.74 Å². The lowest BCUT2D eigenvalue weighted by Gasteiger charge is -2.24. The topological polar surface area (TPSA) is 70.7 Å². The van der Waals surface area contributed by atoms with Gasteiger partial charge in [0.25, 0.3) is 0 Å². The molecule has 1 unspecified atom stereocenters. The van der Waals surface area contributed by atoms with E-state index < -0.39 is 0 Å². The highest BCUT2D eigenvalue weighted by molar-refractivity contribution is 5.80. The van der Waals surface area contributed by atoms with Crippen molar-refractivity contribution in [2.24, 2.45) is 5.92 Å². The Balaban J connectivity index is 2.19. The number of carbonyl (C=O) groups is 2. The molecule has 1 fully saturated rings. The molecule has 2 amide bonds. The SMILES string of the molecule is CNC(=O)C(C)CN(C)C(=O)CCOC1CCNCC1. The van der Waals surface area contributed by atoms with Crippen LogP contribution in [0.2, 0.25) is 0 Å². The van der Waals surface area contributed by atoms with Crippen molar-refractivity contribution in [2.45, 2.75) is 32.3 Å². The summed E-state index contributed by atoms with van der Waals surface area (Å²) in [4.78, 5) is 24.9. The summed E-state index contributed by atoms with van der Waals surface area (Å²) in [7, 11) is 3.33. The van der Waals surface area contributed by atoms with Crippen LogP contribution in [0.3, 0.4) is 0 Å². The van der Waals surface area contributed by atoms with E-state index in [9.17, 15) is 9.59 Å². The normalized spacial score (nSPS) is 17.6. The first-order chi connectivity index (χ1) is 9.54. The van der Waals surface area contributed by atoms with E-state index in [-0.39, 0.29) is 23.8 Å². The molecule has 2 N–H and O–H groups in total. The third kappa shape index (κ3) is 5.88. The van der Waals surface area contributed by atoms with Gasteiger partial charge in [0.2, 0.25) is 11.8 Å². The molecule has 6 heteroatoms. The predicted octanol–water partition coefficient (Wildman–Crippen LogP) is -0.0144. The Kier molecular flexibility index (Phi) is 7.54. The van der Waals surface area contributed by atoms with Gasteiger partial charge in [-0.25, -0.2) is 0 Å². The van der Waals surface area contributed by atoms with Gasteiger partial charge < -0.3 is 20.3 Å². The quantitative estimate of drug-likeness (QED) is 0.690. The van der Waals surface area contributed by atoms with Gasteiger partial charge in [0.05, 0.1) is 25.0 Å². The zero-order valence-electron chi connectivity index (χ0n) is 12.8. The monoisotopic (exact) mass is 285 g/mol. The lowest BCUT2D eigenvalue weighted by Crippen LogP contribution is -2.38. The summed E-state index contributed by atoms with van der Waals surface area (Å²) >= 11 is 0. The van der Waals surface area contributed by atoms with Gasteiger partial charge in [-0.2, -0.15) is 0 Å². The molecule has 6 nitrogen and oxygen atoms in total. The van der Waals surface area contributed by atoms with Gasteiger partial charge in [0.1, 0.15) is 0 Å². The summed E-state index contributed by atoms with van der Waals surface area (Å²) < 4.78 is 5.71. The molecule has 0 radical (unpaired) electrons. The minimum Gasteiger partial charge on any atom is -0.378 e. The van der Waals surface area contributed by atoms with E-state index in [0.717, 1.165) is 25.9 Å². The van der Waals surface area contributed by atoms with E-state index in [0.29, 0.717) is 19.6 Å². The van der Waals surface area contributed by atoms with Gasteiger partial charge in [0.15, 0.2) is 0 Å². The molecule has 0 aromatic carbocycles. The number of piperidine rings is 1. The van der Waals surface area contributed by atoms with Crippen molar-refractivity contribution in [3.63, 3.8) is 0 Å². The molecule has 0 aromatic rings. The van der Waals surface area contributed by atoms with Crippen molar-refractivity contribution < 1.29 is 14.3 Å². The van der Waals surface area contributed by atoms with Crippen LogP contribution < -0.4 is 10.6 Å². The highest BCUT2D eigenvalue weighted by Gasteiger charge is 2.18. The number of rotatable bonds is 7. The summed E-state index contributed by atoms with van der Waals surface area (Å²) in [5.74, 6) is -0.218. The Labute approximate surface area is 121 Å². The van der Waals surface area contributed by atoms with Crippen LogP contribution >= 0.6 is 0 Å². The largest absolute Gasteiger partial charge is 0.378 e. The van der Waals surface area contributed by atoms with Gasteiger partial charge in [0, 0.05) is 20.6 Å². The second-order valence-corrected chi connectivity index (χ2v) is 5.36. The standard InChI is InChI=1S/C14H27N3O3/c1-11(14(19)15-2)10-17(3)13(18)6-9-20-12-4-7-16-8-5-12/h11-12,16H,4-10H2,1-3H3,(H,15,19). The van der Waals surface area contributed by atoms with E-state index in [2.05, 4.69) is 10.6 Å². The van der Waals surface area contributed by atoms with Crippen molar-refractivity contribution in [3.05, 3.63) is 0 Å². The van der Waals surface area contributed by atoms with Crippen LogP contribution in [-0.2, 0) is 14.3 Å². The first-order valence-corrected chi connectivity index (χ1v) is 7.32. The van der Waals surface area contributed by atoms with Crippen molar-refractivity contribution in [2.75, 3.05) is 40.3 Å². The highest BCUT2D eigenvalue weighted by Crippen LogP contribution is 2.08. The van der Waals surface area contributed by atoms with Gasteiger partial charge in [-0.05, 0) is 25.9 Å². The molecular weight excluding hydrogens is 258 g/mol. The number of ether oxygens (including phenoxy) is 1. The molecule has 1 aliphatic heterocycles. The maximum Gasteiger partial charge on any atom is 0.224 e. The lowest BCUT2D eigenvalue weighted by molar-refractivity contribution is -0.133. The minimum atomic E-state index is -0.195. The molecule has 0 bridgehead atoms. The smallest absolute Gasteiger partial charge is 0.224 e. The molecular formula is C14H27N3O3. The number of hydrogen-bond donors (Lipinski definition) is 2. The molecule has 1 saturated heterocycles. The Morgan fingerprint density at radius 1 is 1.40 bits per heavy atom. The maximum absolute atomic E-state index is 11.9. The van der Waals surface area contributed by atoms with Crippen LogP contribution in [0, 0.1) is 5.92 Å². The fourth-order valence-corrected chi connectivity index (χ4v) is 2.31. The highest BCUT2D eigenvalue weighted by atomic mass is 16.5. The molecule has 1 rings (SSSR count). The zero-order valence-corrected chi connectivity index (χ0v) is 12.8. The summed E-state index contributed by atoms with van der Waals surface area (Å²) in [5.41, 5.74) is 0. The lowest BCUT2D eigenvalue weighted by atomic mass is 10.1. The average molecular weight is 285 g/mol. The van der Waals surface area contributed by atoms with Crippen LogP contribution in [0.25, 0.3) is 0 Å². The van der Waals surface area contributed by atoms with Gasteiger partial charge in [-0.15, -0.1) is 0 Å². The van der Waals surface area contributed by atoms with Crippen molar-refractivity contribution in [3.8, 4) is 0 Å². The van der Waals surface area contributed by atoms with Crippen molar-refractivity contribution in [1.82, 2.24) is 15.5 Å². The molecule has 0 aromatic heterocycles. The molecule has 1 aliphatic rings. The van der Waals surface area contributed by atoms with Crippen LogP contribution in [0.1, 0.15) is 26.2 Å². The minimum absolute atomic E-state index is 0.0229. The fraction of sp³-hybridized carbons (Fsp3) is 0.857. The van der Waals surface area contributed by atoms with Crippen LogP contribution in [-0.4, -0.2) is 63.2 Å². The third-order valence-electron chi connectivity index (χ3n) is 3.62. The Bertz CT molecular complexity index is 317. The predicted molar refractivity (Wildman–Crippen MR) is 77.3 cm³/mol. The number of carbonyl (C=O) groups excluding carboxylic acids is 2. The molecule has 0 saturated carbocycles. The van der Waals surface area contributed by atoms with E-state index in [1.807, 2.05) is 6.92 Å². The van der Waals surface area contributed by atoms with E-state index in [1.165, 1.54) is 0 Å². The molecule has 1 atom stereocenters. The van der Waals surface area contributed by atoms with E-state index >= 15 is 0 Å². The third-order valence-corrected chi connectivity index (χ3v) is 3.62. The molecule has 0 spiro atoms. The molecule has 1 heterocycles. The van der Waals surface area contributed by atoms with Crippen LogP contribution in [0.15, 0.2) is 0 Å². The van der Waals surface area contributed by atoms with Crippen molar-refractivity contribution >= 4 is 11.8 Å². The Hall–Kier alpha value is -1.14. The van der Waals surface area contributed by atoms with Crippen LogP contribution in [0.4, 0.5) is 0 Å². The Morgan fingerprint density at radius 2 is 2.05 bits per heavy atom. The summed E-state index contributed by atoms with van der Waals surface area (Å²) in [6.07, 6.45) is 2.68. The van der Waals surface area contributed by atoms with Gasteiger partial charge in [-0.1, -0.05) is 6.92 Å². The van der Waals surface area contributed by atoms with Crippen molar-refractivity contribution in [1.29, 1.82) is 0 Å². The number of amides is 2.